The van der Waals surface area contributed by atoms with Crippen LogP contribution >= 0.6 is 0 Å². The van der Waals surface area contributed by atoms with Gasteiger partial charge < -0.3 is 9.26 Å². The highest BCUT2D eigenvalue weighted by molar-refractivity contribution is 4.94. The molecule has 1 aromatic rings. The van der Waals surface area contributed by atoms with Crippen molar-refractivity contribution in [1.82, 2.24) is 15.0 Å². The maximum atomic E-state index is 5.75. The van der Waals surface area contributed by atoms with Gasteiger partial charge in [-0.2, -0.15) is 4.98 Å². The van der Waals surface area contributed by atoms with Crippen molar-refractivity contribution in [1.29, 1.82) is 0 Å². The fourth-order valence-electron chi connectivity index (χ4n) is 2.56. The van der Waals surface area contributed by atoms with E-state index in [9.17, 15) is 0 Å². The molecular weight excluding hydrogens is 242 g/mol. The lowest BCUT2D eigenvalue weighted by Gasteiger charge is -2.37. The highest BCUT2D eigenvalue weighted by atomic mass is 16.5. The van der Waals surface area contributed by atoms with Gasteiger partial charge in [0, 0.05) is 19.5 Å². The molecule has 1 aromatic heterocycles. The smallest absolute Gasteiger partial charge is 0.243 e. The fourth-order valence-corrected chi connectivity index (χ4v) is 2.56. The quantitative estimate of drug-likeness (QED) is 0.820. The number of aromatic nitrogens is 2. The van der Waals surface area contributed by atoms with Crippen molar-refractivity contribution in [2.75, 3.05) is 13.1 Å². The van der Waals surface area contributed by atoms with Gasteiger partial charge in [-0.3, -0.25) is 4.90 Å². The molecule has 1 aliphatic rings. The van der Waals surface area contributed by atoms with Crippen molar-refractivity contribution >= 4 is 0 Å². The van der Waals surface area contributed by atoms with E-state index in [1.807, 2.05) is 0 Å². The summed E-state index contributed by atoms with van der Waals surface area (Å²) >= 11 is 0. The third kappa shape index (κ3) is 3.76. The minimum atomic E-state index is 0.164. The van der Waals surface area contributed by atoms with Gasteiger partial charge in [0.05, 0.1) is 18.2 Å². The highest BCUT2D eigenvalue weighted by Crippen LogP contribution is 2.23. The lowest BCUT2D eigenvalue weighted by Crippen LogP contribution is -2.46. The Morgan fingerprint density at radius 2 is 2.00 bits per heavy atom. The lowest BCUT2D eigenvalue weighted by molar-refractivity contribution is -0.0818. The molecule has 3 unspecified atom stereocenters. The van der Waals surface area contributed by atoms with Crippen molar-refractivity contribution in [3.05, 3.63) is 11.7 Å². The monoisotopic (exact) mass is 267 g/mol. The van der Waals surface area contributed by atoms with Crippen LogP contribution in [0, 0.1) is 0 Å². The first kappa shape index (κ1) is 14.5. The van der Waals surface area contributed by atoms with Gasteiger partial charge in [0.2, 0.25) is 5.89 Å². The molecule has 0 spiro atoms. The molecule has 5 heteroatoms. The van der Waals surface area contributed by atoms with Crippen LogP contribution in [0.25, 0.3) is 0 Å². The molecule has 19 heavy (non-hydrogen) atoms. The first-order valence-electron chi connectivity index (χ1n) is 7.32. The van der Waals surface area contributed by atoms with Crippen LogP contribution in [0.5, 0.6) is 0 Å². The molecule has 5 nitrogen and oxygen atoms in total. The summed E-state index contributed by atoms with van der Waals surface area (Å²) in [5.74, 6) is 1.56. The van der Waals surface area contributed by atoms with Gasteiger partial charge in [-0.25, -0.2) is 0 Å². The molecule has 0 N–H and O–H groups in total. The van der Waals surface area contributed by atoms with Gasteiger partial charge in [-0.05, 0) is 27.2 Å². The minimum absolute atomic E-state index is 0.164. The third-order valence-electron chi connectivity index (χ3n) is 3.59. The molecule has 0 amide bonds. The summed E-state index contributed by atoms with van der Waals surface area (Å²) in [6.45, 7) is 10.3. The maximum Gasteiger partial charge on any atom is 0.243 e. The second-order valence-corrected chi connectivity index (χ2v) is 5.54. The summed E-state index contributed by atoms with van der Waals surface area (Å²) in [4.78, 5) is 6.87. The number of rotatable bonds is 5. The van der Waals surface area contributed by atoms with Gasteiger partial charge in [-0.15, -0.1) is 0 Å². The molecule has 1 aliphatic heterocycles. The molecule has 2 heterocycles. The van der Waals surface area contributed by atoms with Crippen molar-refractivity contribution in [3.63, 3.8) is 0 Å². The topological polar surface area (TPSA) is 51.4 Å². The highest BCUT2D eigenvalue weighted by Gasteiger charge is 2.29. The first-order chi connectivity index (χ1) is 9.10. The van der Waals surface area contributed by atoms with Crippen molar-refractivity contribution in [2.24, 2.45) is 0 Å². The Morgan fingerprint density at radius 1 is 1.32 bits per heavy atom. The Kier molecular flexibility index (Phi) is 4.93. The fraction of sp³-hybridized carbons (Fsp3) is 0.857. The van der Waals surface area contributed by atoms with E-state index in [0.29, 0.717) is 0 Å². The Bertz CT molecular complexity index is 384. The third-order valence-corrected chi connectivity index (χ3v) is 3.59. The lowest BCUT2D eigenvalue weighted by atomic mass is 10.1. The molecule has 3 atom stereocenters. The summed E-state index contributed by atoms with van der Waals surface area (Å²) in [6.07, 6.45) is 3.68. The SMILES string of the molecule is CCCCc1noc(C(C)N2CC(C)OC(C)C2)n1. The number of ether oxygens (including phenoxy) is 1. The Hall–Kier alpha value is -0.940. The first-order valence-corrected chi connectivity index (χ1v) is 7.32. The molecule has 1 saturated heterocycles. The molecule has 0 saturated carbocycles. The van der Waals surface area contributed by atoms with E-state index >= 15 is 0 Å². The van der Waals surface area contributed by atoms with Crippen molar-refractivity contribution in [3.8, 4) is 0 Å². The molecule has 0 aromatic carbocycles. The summed E-state index contributed by atoms with van der Waals surface area (Å²) in [6, 6.07) is 0.164. The van der Waals surface area contributed by atoms with E-state index in [0.717, 1.165) is 44.1 Å². The number of nitrogens with zero attached hydrogens (tertiary/aromatic N) is 3. The van der Waals surface area contributed by atoms with E-state index in [2.05, 4.69) is 42.7 Å². The Morgan fingerprint density at radius 3 is 2.63 bits per heavy atom. The normalized spacial score (nSPS) is 26.5. The predicted molar refractivity (Wildman–Crippen MR) is 72.9 cm³/mol. The largest absolute Gasteiger partial charge is 0.373 e. The van der Waals surface area contributed by atoms with Gasteiger partial charge in [-0.1, -0.05) is 18.5 Å². The van der Waals surface area contributed by atoms with Crippen LogP contribution < -0.4 is 0 Å². The average Bonchev–Trinajstić information content (AvgIpc) is 2.83. The second kappa shape index (κ2) is 6.48. The van der Waals surface area contributed by atoms with E-state index in [4.69, 9.17) is 9.26 Å². The van der Waals surface area contributed by atoms with Crippen LogP contribution in [0.4, 0.5) is 0 Å². The van der Waals surface area contributed by atoms with Gasteiger partial charge >= 0.3 is 0 Å². The van der Waals surface area contributed by atoms with Crippen LogP contribution in [0.3, 0.4) is 0 Å². The van der Waals surface area contributed by atoms with Crippen LogP contribution in [0.15, 0.2) is 4.52 Å². The van der Waals surface area contributed by atoms with Gasteiger partial charge in [0.25, 0.3) is 0 Å². The summed E-state index contributed by atoms with van der Waals surface area (Å²) in [5.41, 5.74) is 0. The average molecular weight is 267 g/mol. The number of hydrogen-bond donors (Lipinski definition) is 0. The van der Waals surface area contributed by atoms with Gasteiger partial charge in [0.15, 0.2) is 5.82 Å². The Balaban J connectivity index is 1.98. The minimum Gasteiger partial charge on any atom is -0.373 e. The van der Waals surface area contributed by atoms with Crippen LogP contribution in [-0.4, -0.2) is 40.3 Å². The van der Waals surface area contributed by atoms with E-state index < -0.39 is 0 Å². The van der Waals surface area contributed by atoms with E-state index in [1.54, 1.807) is 0 Å². The number of morpholine rings is 1. The van der Waals surface area contributed by atoms with Gasteiger partial charge in [0.1, 0.15) is 0 Å². The maximum absolute atomic E-state index is 5.75. The summed E-state index contributed by atoms with van der Waals surface area (Å²) in [7, 11) is 0. The summed E-state index contributed by atoms with van der Waals surface area (Å²) in [5, 5.41) is 4.06. The van der Waals surface area contributed by atoms with Crippen molar-refractivity contribution < 1.29 is 9.26 Å². The second-order valence-electron chi connectivity index (χ2n) is 5.54. The van der Waals surface area contributed by atoms with Crippen LogP contribution in [-0.2, 0) is 11.2 Å². The van der Waals surface area contributed by atoms with E-state index in [1.165, 1.54) is 0 Å². The molecule has 1 fully saturated rings. The Labute approximate surface area is 115 Å². The standard InChI is InChI=1S/C14H25N3O2/c1-5-6-7-13-15-14(19-16-13)12(4)17-8-10(2)18-11(3)9-17/h10-12H,5-9H2,1-4H3. The number of aryl methyl sites for hydroxylation is 1. The molecule has 2 rings (SSSR count). The molecular formula is C14H25N3O2. The zero-order valence-electron chi connectivity index (χ0n) is 12.4. The predicted octanol–water partition coefficient (Wildman–Crippen LogP) is 2.58. The molecule has 0 bridgehead atoms. The molecule has 0 aliphatic carbocycles. The zero-order chi connectivity index (χ0) is 13.8. The van der Waals surface area contributed by atoms with E-state index in [-0.39, 0.29) is 18.2 Å². The molecule has 0 radical (unpaired) electrons. The zero-order valence-corrected chi connectivity index (χ0v) is 12.4. The van der Waals surface area contributed by atoms with Crippen LogP contribution in [0.1, 0.15) is 58.3 Å². The number of unbranched alkanes of at least 4 members (excludes halogenated alkanes) is 1. The number of hydrogen-bond acceptors (Lipinski definition) is 5. The van der Waals surface area contributed by atoms with Crippen molar-refractivity contribution in [2.45, 2.75) is 65.2 Å². The van der Waals surface area contributed by atoms with Crippen LogP contribution in [0.2, 0.25) is 0 Å². The molecule has 108 valence electrons. The summed E-state index contributed by atoms with van der Waals surface area (Å²) < 4.78 is 11.2.